The number of ether oxygens (including phenoxy) is 3. The molecule has 8 nitrogen and oxygen atoms in total. The molecule has 2 aliphatic rings. The fourth-order valence-electron chi connectivity index (χ4n) is 4.44. The van der Waals surface area contributed by atoms with Crippen molar-refractivity contribution in [1.29, 1.82) is 0 Å². The number of para-hydroxylation sites is 2. The monoisotopic (exact) mass is 486 g/mol. The first-order valence-electron chi connectivity index (χ1n) is 11.8. The second-order valence-electron chi connectivity index (χ2n) is 8.69. The molecule has 2 heterocycles. The third kappa shape index (κ3) is 4.37. The number of fused-ring (bicyclic) bond motifs is 2. The van der Waals surface area contributed by atoms with Gasteiger partial charge in [0.2, 0.25) is 0 Å². The van der Waals surface area contributed by atoms with Crippen molar-refractivity contribution in [2.24, 2.45) is 0 Å². The van der Waals surface area contributed by atoms with E-state index in [1.54, 1.807) is 54.4 Å². The molecule has 0 N–H and O–H groups in total. The van der Waals surface area contributed by atoms with Crippen molar-refractivity contribution in [3.63, 3.8) is 0 Å². The van der Waals surface area contributed by atoms with Crippen molar-refractivity contribution in [1.82, 2.24) is 9.80 Å². The van der Waals surface area contributed by atoms with Crippen LogP contribution in [0, 0.1) is 0 Å². The Morgan fingerprint density at radius 1 is 1.00 bits per heavy atom. The minimum Gasteiger partial charge on any atom is -0.493 e. The summed E-state index contributed by atoms with van der Waals surface area (Å²) in [5.74, 6) is 0.819. The van der Waals surface area contributed by atoms with Crippen LogP contribution in [0.15, 0.2) is 66.7 Å². The summed E-state index contributed by atoms with van der Waals surface area (Å²) in [6.07, 6.45) is -0.328. The Bertz CT molecular complexity index is 1300. The molecule has 3 amide bonds. The minimum absolute atomic E-state index is 0.0547. The van der Waals surface area contributed by atoms with Gasteiger partial charge in [-0.3, -0.25) is 19.3 Å². The molecular weight excluding hydrogens is 460 g/mol. The smallest absolute Gasteiger partial charge is 0.261 e. The molecular formula is C28H26N2O6. The first kappa shape index (κ1) is 23.4. The van der Waals surface area contributed by atoms with Crippen LogP contribution in [0.25, 0.3) is 0 Å². The van der Waals surface area contributed by atoms with E-state index in [1.165, 1.54) is 4.90 Å². The predicted octanol–water partition coefficient (Wildman–Crippen LogP) is 3.79. The van der Waals surface area contributed by atoms with Gasteiger partial charge in [-0.25, -0.2) is 0 Å². The van der Waals surface area contributed by atoms with Crippen LogP contribution < -0.4 is 14.2 Å². The van der Waals surface area contributed by atoms with Gasteiger partial charge in [0, 0.05) is 7.05 Å². The number of nitrogens with zero attached hydrogens (tertiary/aromatic N) is 2. The van der Waals surface area contributed by atoms with Gasteiger partial charge in [0.1, 0.15) is 12.4 Å². The number of hydrogen-bond acceptors (Lipinski definition) is 6. The number of hydrogen-bond donors (Lipinski definition) is 0. The molecule has 1 atom stereocenters. The van der Waals surface area contributed by atoms with E-state index in [0.29, 0.717) is 59.3 Å². The highest BCUT2D eigenvalue weighted by Crippen LogP contribution is 2.31. The highest BCUT2D eigenvalue weighted by atomic mass is 16.6. The fraction of sp³-hybridized carbons (Fsp3) is 0.250. The molecule has 0 aromatic heterocycles. The minimum atomic E-state index is -0.343. The van der Waals surface area contributed by atoms with Crippen LogP contribution in [0.1, 0.15) is 43.6 Å². The van der Waals surface area contributed by atoms with Crippen LogP contribution in [0.3, 0.4) is 0 Å². The van der Waals surface area contributed by atoms with E-state index in [9.17, 15) is 14.4 Å². The van der Waals surface area contributed by atoms with E-state index in [4.69, 9.17) is 14.2 Å². The summed E-state index contributed by atoms with van der Waals surface area (Å²) in [5.41, 5.74) is 1.78. The van der Waals surface area contributed by atoms with Crippen LogP contribution in [0.5, 0.6) is 17.2 Å². The second-order valence-corrected chi connectivity index (χ2v) is 8.69. The Morgan fingerprint density at radius 2 is 1.67 bits per heavy atom. The highest BCUT2D eigenvalue weighted by Gasteiger charge is 2.35. The maximum atomic E-state index is 13.5. The Kier molecular flexibility index (Phi) is 6.33. The fourth-order valence-corrected chi connectivity index (χ4v) is 4.44. The molecule has 0 aliphatic carbocycles. The van der Waals surface area contributed by atoms with E-state index < -0.39 is 0 Å². The lowest BCUT2D eigenvalue weighted by Gasteiger charge is -2.30. The van der Waals surface area contributed by atoms with E-state index in [-0.39, 0.29) is 30.4 Å². The SMILES string of the molecule is CCOc1ccc(CN2C(=O)c3ccccc3C2=O)cc1C(=O)N(C)CC1COc2ccccc2O1. The Morgan fingerprint density at radius 3 is 2.36 bits per heavy atom. The Balaban J connectivity index is 1.34. The molecule has 0 spiro atoms. The summed E-state index contributed by atoms with van der Waals surface area (Å²) in [6.45, 7) is 2.92. The molecule has 184 valence electrons. The number of carbonyl (C=O) groups is 3. The molecule has 3 aromatic rings. The number of amides is 3. The molecule has 2 aliphatic heterocycles. The summed E-state index contributed by atoms with van der Waals surface area (Å²) in [5, 5.41) is 0. The van der Waals surface area contributed by atoms with Crippen molar-refractivity contribution in [2.45, 2.75) is 19.6 Å². The third-order valence-electron chi connectivity index (χ3n) is 6.18. The van der Waals surface area contributed by atoms with Crippen LogP contribution >= 0.6 is 0 Å². The molecule has 36 heavy (non-hydrogen) atoms. The van der Waals surface area contributed by atoms with Gasteiger partial charge in [-0.1, -0.05) is 30.3 Å². The van der Waals surface area contributed by atoms with Crippen molar-refractivity contribution < 1.29 is 28.6 Å². The summed E-state index contributed by atoms with van der Waals surface area (Å²) in [6, 6.07) is 19.3. The summed E-state index contributed by atoms with van der Waals surface area (Å²) >= 11 is 0. The molecule has 0 fully saturated rings. The molecule has 0 radical (unpaired) electrons. The quantitative estimate of drug-likeness (QED) is 0.473. The number of imide groups is 1. The number of likely N-dealkylation sites (N-methyl/N-ethyl adjacent to an activating group) is 1. The second kappa shape index (κ2) is 9.73. The molecule has 5 rings (SSSR count). The van der Waals surface area contributed by atoms with Crippen LogP contribution in [-0.4, -0.2) is 60.4 Å². The predicted molar refractivity (Wildman–Crippen MR) is 132 cm³/mol. The van der Waals surface area contributed by atoms with Crippen LogP contribution in [0.4, 0.5) is 0 Å². The maximum Gasteiger partial charge on any atom is 0.261 e. The molecule has 0 saturated heterocycles. The van der Waals surface area contributed by atoms with E-state index in [2.05, 4.69) is 0 Å². The lowest BCUT2D eigenvalue weighted by Crippen LogP contribution is -2.42. The average Bonchev–Trinajstić information content (AvgIpc) is 3.14. The van der Waals surface area contributed by atoms with Gasteiger partial charge in [0.25, 0.3) is 17.7 Å². The molecule has 8 heteroatoms. The van der Waals surface area contributed by atoms with Gasteiger partial charge in [-0.2, -0.15) is 0 Å². The number of rotatable bonds is 7. The topological polar surface area (TPSA) is 85.4 Å². The van der Waals surface area contributed by atoms with Crippen molar-refractivity contribution in [2.75, 3.05) is 26.8 Å². The summed E-state index contributed by atoms with van der Waals surface area (Å²) in [7, 11) is 1.69. The first-order chi connectivity index (χ1) is 17.5. The van der Waals surface area contributed by atoms with Crippen molar-refractivity contribution >= 4 is 17.7 Å². The number of carbonyl (C=O) groups excluding carboxylic acids is 3. The van der Waals surface area contributed by atoms with Gasteiger partial charge >= 0.3 is 0 Å². The van der Waals surface area contributed by atoms with Crippen molar-refractivity contribution in [3.05, 3.63) is 89.0 Å². The van der Waals surface area contributed by atoms with Gasteiger partial charge < -0.3 is 19.1 Å². The lowest BCUT2D eigenvalue weighted by molar-refractivity contribution is 0.0518. The normalized spacial score (nSPS) is 16.1. The first-order valence-corrected chi connectivity index (χ1v) is 11.8. The lowest BCUT2D eigenvalue weighted by atomic mass is 10.1. The zero-order valence-corrected chi connectivity index (χ0v) is 20.1. The molecule has 0 saturated carbocycles. The highest BCUT2D eigenvalue weighted by molar-refractivity contribution is 6.21. The van der Waals surface area contributed by atoms with Crippen LogP contribution in [-0.2, 0) is 6.54 Å². The van der Waals surface area contributed by atoms with Crippen LogP contribution in [0.2, 0.25) is 0 Å². The maximum absolute atomic E-state index is 13.5. The van der Waals surface area contributed by atoms with Gasteiger partial charge in [-0.05, 0) is 48.9 Å². The van der Waals surface area contributed by atoms with E-state index >= 15 is 0 Å². The Labute approximate surface area is 209 Å². The summed E-state index contributed by atoms with van der Waals surface area (Å²) in [4.78, 5) is 41.8. The van der Waals surface area contributed by atoms with Gasteiger partial charge in [0.15, 0.2) is 17.6 Å². The Hall–Kier alpha value is -4.33. The summed E-state index contributed by atoms with van der Waals surface area (Å²) < 4.78 is 17.5. The largest absolute Gasteiger partial charge is 0.493 e. The van der Waals surface area contributed by atoms with E-state index in [0.717, 1.165) is 0 Å². The molecule has 3 aromatic carbocycles. The zero-order chi connectivity index (χ0) is 25.2. The van der Waals surface area contributed by atoms with Gasteiger partial charge in [-0.15, -0.1) is 0 Å². The average molecular weight is 487 g/mol. The standard InChI is InChI=1S/C28H26N2O6/c1-3-34-23-13-12-18(15-30-27(32)20-8-4-5-9-21(20)28(30)33)14-22(23)26(31)29(2)16-19-17-35-24-10-6-7-11-25(24)36-19/h4-14,19H,3,15-17H2,1-2H3. The van der Waals surface area contributed by atoms with Gasteiger partial charge in [0.05, 0.1) is 36.4 Å². The number of benzene rings is 3. The molecule has 1 unspecified atom stereocenters. The van der Waals surface area contributed by atoms with E-state index in [1.807, 2.05) is 31.2 Å². The molecule has 0 bridgehead atoms. The third-order valence-corrected chi connectivity index (χ3v) is 6.18. The zero-order valence-electron chi connectivity index (χ0n) is 20.1. The van der Waals surface area contributed by atoms with Crippen molar-refractivity contribution in [3.8, 4) is 17.2 Å².